The number of ether oxygens (including phenoxy) is 1. The Morgan fingerprint density at radius 2 is 2.47 bits per heavy atom. The zero-order chi connectivity index (χ0) is 12.3. The molecule has 0 aromatic heterocycles. The number of thioether (sulfide) groups is 1. The molecule has 1 aromatic rings. The van der Waals surface area contributed by atoms with E-state index >= 15 is 0 Å². The van der Waals surface area contributed by atoms with Gasteiger partial charge in [0.1, 0.15) is 12.4 Å². The fourth-order valence-corrected chi connectivity index (χ4v) is 2.55. The number of aryl methyl sites for hydroxylation is 1. The molecule has 0 unspecified atom stereocenters. The predicted octanol–water partition coefficient (Wildman–Crippen LogP) is 1.94. The van der Waals surface area contributed by atoms with Crippen LogP contribution in [0.25, 0.3) is 0 Å². The molecule has 0 aliphatic carbocycles. The Bertz CT molecular complexity index is 419. The van der Waals surface area contributed by atoms with E-state index in [2.05, 4.69) is 5.32 Å². The molecule has 17 heavy (non-hydrogen) atoms. The first kappa shape index (κ1) is 12.2. The molecule has 1 aliphatic heterocycles. The Labute approximate surface area is 104 Å². The molecule has 2 rings (SSSR count). The van der Waals surface area contributed by atoms with E-state index in [1.807, 2.05) is 0 Å². The van der Waals surface area contributed by atoms with E-state index in [0.29, 0.717) is 17.9 Å². The van der Waals surface area contributed by atoms with Gasteiger partial charge in [-0.25, -0.2) is 0 Å². The summed E-state index contributed by atoms with van der Waals surface area (Å²) in [5.74, 6) is 1.64. The SMILES string of the molecule is Cc1ccc(OC[C@@H]2NCCS2)cc1[N+](=O)[O-]. The van der Waals surface area contributed by atoms with Crippen molar-refractivity contribution in [2.24, 2.45) is 0 Å². The van der Waals surface area contributed by atoms with E-state index in [-0.39, 0.29) is 16.0 Å². The number of nitro groups is 1. The maximum absolute atomic E-state index is 10.8. The molecule has 0 bridgehead atoms. The lowest BCUT2D eigenvalue weighted by Gasteiger charge is -2.11. The molecule has 1 fully saturated rings. The Hall–Kier alpha value is -1.27. The normalized spacial score (nSPS) is 19.2. The smallest absolute Gasteiger partial charge is 0.276 e. The molecule has 1 N–H and O–H groups in total. The van der Waals surface area contributed by atoms with Crippen molar-refractivity contribution >= 4 is 17.4 Å². The maximum atomic E-state index is 10.8. The predicted molar refractivity (Wildman–Crippen MR) is 67.6 cm³/mol. The van der Waals surface area contributed by atoms with Crippen molar-refractivity contribution in [3.05, 3.63) is 33.9 Å². The minimum absolute atomic E-state index is 0.106. The van der Waals surface area contributed by atoms with Crippen molar-refractivity contribution in [3.8, 4) is 5.75 Å². The molecule has 0 saturated carbocycles. The van der Waals surface area contributed by atoms with Crippen molar-refractivity contribution in [1.82, 2.24) is 5.32 Å². The molecular formula is C11H14N2O3S. The summed E-state index contributed by atoms with van der Waals surface area (Å²) in [5, 5.41) is 14.3. The Kier molecular flexibility index (Phi) is 3.86. The van der Waals surface area contributed by atoms with Gasteiger partial charge in [-0.05, 0) is 19.1 Å². The van der Waals surface area contributed by atoms with Crippen molar-refractivity contribution in [1.29, 1.82) is 0 Å². The third-order valence-electron chi connectivity index (χ3n) is 2.57. The molecule has 1 atom stereocenters. The Morgan fingerprint density at radius 1 is 1.65 bits per heavy atom. The summed E-state index contributed by atoms with van der Waals surface area (Å²) in [6.45, 7) is 3.24. The number of benzene rings is 1. The Morgan fingerprint density at radius 3 is 3.12 bits per heavy atom. The van der Waals surface area contributed by atoms with Gasteiger partial charge in [0, 0.05) is 17.9 Å². The fourth-order valence-electron chi connectivity index (χ4n) is 1.63. The largest absolute Gasteiger partial charge is 0.491 e. The average molecular weight is 254 g/mol. The molecule has 0 spiro atoms. The molecule has 5 nitrogen and oxygen atoms in total. The second-order valence-corrected chi connectivity index (χ2v) is 5.14. The highest BCUT2D eigenvalue weighted by Crippen LogP contribution is 2.24. The number of nitro benzene ring substituents is 1. The van der Waals surface area contributed by atoms with Crippen LogP contribution in [0.5, 0.6) is 5.75 Å². The maximum Gasteiger partial charge on any atom is 0.276 e. The monoisotopic (exact) mass is 254 g/mol. The first-order valence-electron chi connectivity index (χ1n) is 5.39. The third-order valence-corrected chi connectivity index (χ3v) is 3.72. The summed E-state index contributed by atoms with van der Waals surface area (Å²) in [5.41, 5.74) is 0.755. The van der Waals surface area contributed by atoms with Gasteiger partial charge in [-0.3, -0.25) is 10.1 Å². The summed E-state index contributed by atoms with van der Waals surface area (Å²) >= 11 is 1.81. The minimum Gasteiger partial charge on any atom is -0.491 e. The van der Waals surface area contributed by atoms with Crippen LogP contribution in [0.3, 0.4) is 0 Å². The summed E-state index contributed by atoms with van der Waals surface area (Å²) in [6, 6.07) is 4.96. The van der Waals surface area contributed by atoms with Gasteiger partial charge in [-0.2, -0.15) is 0 Å². The molecule has 1 aliphatic rings. The second-order valence-electron chi connectivity index (χ2n) is 3.83. The topological polar surface area (TPSA) is 64.4 Å². The van der Waals surface area contributed by atoms with Crippen molar-refractivity contribution in [2.75, 3.05) is 18.9 Å². The molecule has 1 saturated heterocycles. The van der Waals surface area contributed by atoms with Crippen LogP contribution in [0.15, 0.2) is 18.2 Å². The van der Waals surface area contributed by atoms with Crippen LogP contribution in [0.4, 0.5) is 5.69 Å². The van der Waals surface area contributed by atoms with Gasteiger partial charge in [0.05, 0.1) is 16.4 Å². The average Bonchev–Trinajstić information content (AvgIpc) is 2.80. The zero-order valence-electron chi connectivity index (χ0n) is 9.51. The van der Waals surface area contributed by atoms with Gasteiger partial charge >= 0.3 is 0 Å². The highest BCUT2D eigenvalue weighted by Gasteiger charge is 2.16. The molecule has 6 heteroatoms. The summed E-state index contributed by atoms with van der Waals surface area (Å²) in [4.78, 5) is 10.4. The van der Waals surface area contributed by atoms with E-state index in [1.165, 1.54) is 6.07 Å². The highest BCUT2D eigenvalue weighted by molar-refractivity contribution is 8.00. The second kappa shape index (κ2) is 5.37. The van der Waals surface area contributed by atoms with E-state index in [1.54, 1.807) is 30.8 Å². The van der Waals surface area contributed by atoms with Gasteiger partial charge in [0.2, 0.25) is 0 Å². The first-order chi connectivity index (χ1) is 8.16. The van der Waals surface area contributed by atoms with Crippen molar-refractivity contribution in [2.45, 2.75) is 12.3 Å². The number of hydrogen-bond acceptors (Lipinski definition) is 5. The molecule has 92 valence electrons. The minimum atomic E-state index is -0.384. The third kappa shape index (κ3) is 3.10. The molecule has 0 amide bonds. The first-order valence-corrected chi connectivity index (χ1v) is 6.44. The van der Waals surface area contributed by atoms with Gasteiger partial charge < -0.3 is 10.1 Å². The van der Waals surface area contributed by atoms with Crippen LogP contribution in [-0.4, -0.2) is 29.2 Å². The van der Waals surface area contributed by atoms with Crippen LogP contribution < -0.4 is 10.1 Å². The van der Waals surface area contributed by atoms with Gasteiger partial charge in [-0.15, -0.1) is 11.8 Å². The van der Waals surface area contributed by atoms with Crippen molar-refractivity contribution in [3.63, 3.8) is 0 Å². The number of hydrogen-bond donors (Lipinski definition) is 1. The van der Waals surface area contributed by atoms with Crippen LogP contribution in [-0.2, 0) is 0 Å². The standard InChI is InChI=1S/C11H14N2O3S/c1-8-2-3-9(6-10(8)13(14)15)16-7-11-12-4-5-17-11/h2-3,6,11-12H,4-5,7H2,1H3/t11-/m1/s1. The van der Waals surface area contributed by atoms with Gasteiger partial charge in [0.15, 0.2) is 0 Å². The van der Waals surface area contributed by atoms with Crippen LogP contribution in [0, 0.1) is 17.0 Å². The lowest BCUT2D eigenvalue weighted by Crippen LogP contribution is -2.26. The van der Waals surface area contributed by atoms with Crippen molar-refractivity contribution < 1.29 is 9.66 Å². The lowest BCUT2D eigenvalue weighted by atomic mass is 10.2. The Balaban J connectivity index is 2.00. The van der Waals surface area contributed by atoms with Crippen LogP contribution in [0.1, 0.15) is 5.56 Å². The lowest BCUT2D eigenvalue weighted by molar-refractivity contribution is -0.385. The number of rotatable bonds is 4. The number of nitrogens with zero attached hydrogens (tertiary/aromatic N) is 1. The van der Waals surface area contributed by atoms with Gasteiger partial charge in [-0.1, -0.05) is 0 Å². The van der Waals surface area contributed by atoms with E-state index < -0.39 is 0 Å². The molecule has 1 heterocycles. The molecule has 1 aromatic carbocycles. The summed E-state index contributed by atoms with van der Waals surface area (Å²) in [6.07, 6.45) is 0. The van der Waals surface area contributed by atoms with Gasteiger partial charge in [0.25, 0.3) is 5.69 Å². The molecule has 0 radical (unpaired) electrons. The number of nitrogens with one attached hydrogen (secondary N) is 1. The van der Waals surface area contributed by atoms with Crippen LogP contribution in [0.2, 0.25) is 0 Å². The fraction of sp³-hybridized carbons (Fsp3) is 0.455. The summed E-state index contributed by atoms with van der Waals surface area (Å²) in [7, 11) is 0. The van der Waals surface area contributed by atoms with E-state index in [0.717, 1.165) is 12.3 Å². The highest BCUT2D eigenvalue weighted by atomic mass is 32.2. The van der Waals surface area contributed by atoms with E-state index in [9.17, 15) is 10.1 Å². The zero-order valence-corrected chi connectivity index (χ0v) is 10.3. The summed E-state index contributed by atoms with van der Waals surface area (Å²) < 4.78 is 5.55. The van der Waals surface area contributed by atoms with E-state index in [4.69, 9.17) is 4.74 Å². The van der Waals surface area contributed by atoms with Crippen LogP contribution >= 0.6 is 11.8 Å². The molecular weight excluding hydrogens is 240 g/mol. The quantitative estimate of drug-likeness (QED) is 0.657.